The van der Waals surface area contributed by atoms with E-state index in [1.165, 1.54) is 50.7 Å². The minimum absolute atomic E-state index is 0.880. The summed E-state index contributed by atoms with van der Waals surface area (Å²) in [4.78, 5) is 5.09. The number of anilines is 1. The van der Waals surface area contributed by atoms with Crippen molar-refractivity contribution in [2.24, 2.45) is 0 Å². The fraction of sp³-hybridized carbons (Fsp3) is 0.0625. The largest absolute Gasteiger partial charge is 0.384 e. The van der Waals surface area contributed by atoms with Crippen LogP contribution < -0.4 is 15.6 Å². The molecule has 0 bridgehead atoms. The fourth-order valence-electron chi connectivity index (χ4n) is 4.92. The Balaban J connectivity index is 0.000000104. The van der Waals surface area contributed by atoms with E-state index in [1.807, 2.05) is 30.3 Å². The highest BCUT2D eigenvalue weighted by atomic mass is 16.6. The lowest BCUT2D eigenvalue weighted by molar-refractivity contribution is 0.239. The molecular formula is C32H26N2O. The summed E-state index contributed by atoms with van der Waals surface area (Å²) < 4.78 is 0. The molecule has 0 amide bonds. The van der Waals surface area contributed by atoms with Crippen LogP contribution in [0.15, 0.2) is 115 Å². The Morgan fingerprint density at radius 3 is 2.00 bits per heavy atom. The number of hydrogen-bond donors (Lipinski definition) is 2. The fourth-order valence-corrected chi connectivity index (χ4v) is 4.92. The molecule has 0 spiro atoms. The molecule has 5 aromatic rings. The van der Waals surface area contributed by atoms with Crippen LogP contribution in [0.5, 0.6) is 5.75 Å². The third-order valence-corrected chi connectivity index (χ3v) is 6.56. The predicted molar refractivity (Wildman–Crippen MR) is 146 cm³/mol. The Morgan fingerprint density at radius 2 is 1.26 bits per heavy atom. The van der Waals surface area contributed by atoms with Gasteiger partial charge in [0.1, 0.15) is 0 Å². The van der Waals surface area contributed by atoms with Crippen molar-refractivity contribution in [3.8, 4) is 28.0 Å². The van der Waals surface area contributed by atoms with Crippen molar-refractivity contribution in [3.63, 3.8) is 0 Å². The van der Waals surface area contributed by atoms with E-state index >= 15 is 0 Å². The Labute approximate surface area is 205 Å². The highest BCUT2D eigenvalue weighted by Crippen LogP contribution is 2.46. The average molecular weight is 455 g/mol. The van der Waals surface area contributed by atoms with Gasteiger partial charge in [0, 0.05) is 24.0 Å². The van der Waals surface area contributed by atoms with E-state index in [-0.39, 0.29) is 0 Å². The second kappa shape index (κ2) is 9.40. The van der Waals surface area contributed by atoms with Gasteiger partial charge in [-0.1, -0.05) is 97.1 Å². The van der Waals surface area contributed by atoms with Crippen LogP contribution in [0.4, 0.5) is 5.69 Å². The maximum Gasteiger partial charge on any atom is 0.162 e. The van der Waals surface area contributed by atoms with E-state index in [2.05, 4.69) is 95.7 Å². The molecule has 2 aliphatic heterocycles. The van der Waals surface area contributed by atoms with Gasteiger partial charge in [-0.05, 0) is 63.2 Å². The molecule has 3 aliphatic rings. The first kappa shape index (κ1) is 21.1. The van der Waals surface area contributed by atoms with Crippen molar-refractivity contribution in [2.45, 2.75) is 6.42 Å². The van der Waals surface area contributed by atoms with Crippen LogP contribution in [0.3, 0.4) is 0 Å². The van der Waals surface area contributed by atoms with Crippen LogP contribution in [-0.4, -0.2) is 6.54 Å². The molecule has 2 heterocycles. The summed E-state index contributed by atoms with van der Waals surface area (Å²) in [5, 5.41) is 6.05. The second-order valence-corrected chi connectivity index (χ2v) is 8.68. The molecule has 3 nitrogen and oxygen atoms in total. The van der Waals surface area contributed by atoms with Gasteiger partial charge in [0.15, 0.2) is 5.75 Å². The molecule has 0 saturated heterocycles. The predicted octanol–water partition coefficient (Wildman–Crippen LogP) is 7.70. The smallest absolute Gasteiger partial charge is 0.162 e. The molecule has 0 saturated carbocycles. The average Bonchev–Trinajstić information content (AvgIpc) is 3.54. The van der Waals surface area contributed by atoms with E-state index in [4.69, 9.17) is 4.84 Å². The van der Waals surface area contributed by atoms with Gasteiger partial charge in [-0.15, -0.1) is 0 Å². The van der Waals surface area contributed by atoms with Gasteiger partial charge in [0.25, 0.3) is 0 Å². The summed E-state index contributed by atoms with van der Waals surface area (Å²) in [6.07, 6.45) is 4.93. The zero-order valence-electron chi connectivity index (χ0n) is 19.4. The quantitative estimate of drug-likeness (QED) is 0.247. The number of para-hydroxylation sites is 2. The Bertz CT molecular complexity index is 1460. The Kier molecular flexibility index (Phi) is 5.65. The van der Waals surface area contributed by atoms with Gasteiger partial charge in [-0.25, -0.2) is 5.48 Å². The lowest BCUT2D eigenvalue weighted by Crippen LogP contribution is -2.13. The molecule has 0 aromatic heterocycles. The lowest BCUT2D eigenvalue weighted by atomic mass is 10.0. The van der Waals surface area contributed by atoms with Crippen LogP contribution in [0.1, 0.15) is 11.1 Å². The van der Waals surface area contributed by atoms with Crippen molar-refractivity contribution in [1.82, 2.24) is 5.48 Å². The molecule has 0 fully saturated rings. The molecule has 0 radical (unpaired) electrons. The standard InChI is InChI=1S/C16H10.C8H7NO.C8H9N/c1-2-8-13-12(7-1)14-9-3-5-11-6-4-10-15(13)16(11)14;1-2-4-8-7(3-1)5-6-9-10-8;1-2-4-8-7(3-1)5-6-9-8/h1-10H;1-6,9H;1-4,9H,5-6H2. The normalized spacial score (nSPS) is 12.9. The van der Waals surface area contributed by atoms with Gasteiger partial charge < -0.3 is 10.2 Å². The van der Waals surface area contributed by atoms with Crippen LogP contribution in [0, 0.1) is 0 Å². The van der Waals surface area contributed by atoms with Crippen LogP contribution in [0.2, 0.25) is 0 Å². The highest BCUT2D eigenvalue weighted by Gasteiger charge is 2.19. The van der Waals surface area contributed by atoms with E-state index in [1.54, 1.807) is 6.20 Å². The first-order valence-electron chi connectivity index (χ1n) is 12.0. The summed E-state index contributed by atoms with van der Waals surface area (Å²) in [7, 11) is 0. The van der Waals surface area contributed by atoms with Gasteiger partial charge in [-0.2, -0.15) is 0 Å². The highest BCUT2D eigenvalue weighted by molar-refractivity contribution is 6.15. The van der Waals surface area contributed by atoms with Crippen molar-refractivity contribution in [2.75, 3.05) is 11.9 Å². The van der Waals surface area contributed by atoms with Crippen LogP contribution in [0.25, 0.3) is 39.1 Å². The third kappa shape index (κ3) is 4.13. The topological polar surface area (TPSA) is 33.3 Å². The van der Waals surface area contributed by atoms with Crippen LogP contribution in [-0.2, 0) is 6.42 Å². The summed E-state index contributed by atoms with van der Waals surface area (Å²) in [6, 6.07) is 38.1. The van der Waals surface area contributed by atoms with Crippen molar-refractivity contribution < 1.29 is 4.84 Å². The molecule has 5 aromatic carbocycles. The van der Waals surface area contributed by atoms with Crippen LogP contribution >= 0.6 is 0 Å². The number of hydrogen-bond acceptors (Lipinski definition) is 3. The summed E-state index contributed by atoms with van der Waals surface area (Å²) in [5.74, 6) is 0.880. The third-order valence-electron chi connectivity index (χ3n) is 6.56. The van der Waals surface area contributed by atoms with Crippen molar-refractivity contribution in [3.05, 3.63) is 127 Å². The lowest BCUT2D eigenvalue weighted by Gasteiger charge is -2.11. The second-order valence-electron chi connectivity index (χ2n) is 8.68. The zero-order valence-corrected chi connectivity index (χ0v) is 19.4. The summed E-state index contributed by atoms with van der Waals surface area (Å²) >= 11 is 0. The minimum Gasteiger partial charge on any atom is -0.384 e. The number of fused-ring (bicyclic) bond motifs is 5. The Hall–Kier alpha value is -4.50. The van der Waals surface area contributed by atoms with E-state index < -0.39 is 0 Å². The van der Waals surface area contributed by atoms with Gasteiger partial charge >= 0.3 is 0 Å². The molecular weight excluding hydrogens is 428 g/mol. The SMILES string of the molecule is C1=Cc2ccccc2ON1.c1ccc2c(c1)-c1cccc3cccc-2c13.c1ccc2c(c1)CCN2. The molecule has 0 unspecified atom stereocenters. The maximum absolute atomic E-state index is 5.09. The minimum atomic E-state index is 0.880. The first-order chi connectivity index (χ1) is 17.4. The monoisotopic (exact) mass is 454 g/mol. The van der Waals surface area contributed by atoms with Crippen molar-refractivity contribution in [1.29, 1.82) is 0 Å². The molecule has 2 N–H and O–H groups in total. The molecule has 170 valence electrons. The first-order valence-corrected chi connectivity index (χ1v) is 12.0. The molecule has 0 atom stereocenters. The van der Waals surface area contributed by atoms with Gasteiger partial charge in [0.2, 0.25) is 0 Å². The number of rotatable bonds is 0. The summed E-state index contributed by atoms with van der Waals surface area (Å²) in [5.41, 5.74) is 12.0. The summed E-state index contributed by atoms with van der Waals surface area (Å²) in [6.45, 7) is 1.11. The number of nitrogens with one attached hydrogen (secondary N) is 2. The maximum atomic E-state index is 5.09. The van der Waals surface area contributed by atoms with Gasteiger partial charge in [-0.3, -0.25) is 0 Å². The molecule has 3 heteroatoms. The van der Waals surface area contributed by atoms with Crippen molar-refractivity contribution >= 4 is 22.5 Å². The van der Waals surface area contributed by atoms with Gasteiger partial charge in [0.05, 0.1) is 0 Å². The van der Waals surface area contributed by atoms with E-state index in [0.717, 1.165) is 17.9 Å². The number of hydroxylamine groups is 1. The molecule has 8 rings (SSSR count). The number of benzene rings is 5. The van der Waals surface area contributed by atoms with E-state index in [9.17, 15) is 0 Å². The zero-order chi connectivity index (χ0) is 23.5. The molecule has 35 heavy (non-hydrogen) atoms. The van der Waals surface area contributed by atoms with E-state index in [0.29, 0.717) is 0 Å². The Morgan fingerprint density at radius 1 is 0.600 bits per heavy atom. The molecule has 1 aliphatic carbocycles.